The van der Waals surface area contributed by atoms with Gasteiger partial charge in [0.15, 0.2) is 0 Å². The molecule has 0 saturated carbocycles. The van der Waals surface area contributed by atoms with E-state index in [0.717, 1.165) is 27.2 Å². The number of hydrogen-bond acceptors (Lipinski definition) is 6. The first-order chi connectivity index (χ1) is 13.6. The molecule has 0 aliphatic carbocycles. The fourth-order valence-electron chi connectivity index (χ4n) is 2.79. The van der Waals surface area contributed by atoms with Gasteiger partial charge in [-0.25, -0.2) is 4.68 Å². The van der Waals surface area contributed by atoms with E-state index < -0.39 is 0 Å². The Kier molecular flexibility index (Phi) is 5.12. The van der Waals surface area contributed by atoms with Crippen molar-refractivity contribution >= 4 is 22.7 Å². The third-order valence-corrected chi connectivity index (χ3v) is 5.16. The molecule has 0 aliphatic rings. The fourth-order valence-corrected chi connectivity index (χ4v) is 3.67. The molecule has 1 aromatic carbocycles. The summed E-state index contributed by atoms with van der Waals surface area (Å²) in [5, 5.41) is 9.62. The Hall–Kier alpha value is -3.13. The summed E-state index contributed by atoms with van der Waals surface area (Å²) in [4.78, 5) is 17.7. The number of aryl methyl sites for hydroxylation is 1. The lowest BCUT2D eigenvalue weighted by molar-refractivity contribution is 0.339. The average molecular weight is 393 g/mol. The minimum atomic E-state index is -0.0753. The van der Waals surface area contributed by atoms with E-state index in [1.807, 2.05) is 38.4 Å². The van der Waals surface area contributed by atoms with Gasteiger partial charge in [-0.15, -0.1) is 11.8 Å². The second kappa shape index (κ2) is 7.85. The minimum Gasteiger partial charge on any atom is -0.492 e. The molecule has 0 atom stereocenters. The molecule has 3 heterocycles. The van der Waals surface area contributed by atoms with Gasteiger partial charge in [0.05, 0.1) is 30.7 Å². The summed E-state index contributed by atoms with van der Waals surface area (Å²) in [6.45, 7) is 2.55. The Balaban J connectivity index is 1.56. The van der Waals surface area contributed by atoms with Crippen LogP contribution in [0.1, 0.15) is 12.6 Å². The van der Waals surface area contributed by atoms with Crippen molar-refractivity contribution in [3.63, 3.8) is 0 Å². The van der Waals surface area contributed by atoms with Crippen LogP contribution in [0.5, 0.6) is 5.75 Å². The lowest BCUT2D eigenvalue weighted by Crippen LogP contribution is -2.14. The monoisotopic (exact) mass is 393 g/mol. The Labute approximate surface area is 166 Å². The molecular formula is C20H19N5O2S. The lowest BCUT2D eigenvalue weighted by atomic mass is 10.2. The van der Waals surface area contributed by atoms with Crippen molar-refractivity contribution in [2.75, 3.05) is 6.61 Å². The largest absolute Gasteiger partial charge is 0.492 e. The van der Waals surface area contributed by atoms with E-state index in [1.54, 1.807) is 39.7 Å². The van der Waals surface area contributed by atoms with Gasteiger partial charge in [-0.2, -0.15) is 10.2 Å². The number of rotatable bonds is 6. The summed E-state index contributed by atoms with van der Waals surface area (Å²) >= 11 is 1.57. The molecule has 0 radical (unpaired) electrons. The number of aromatic nitrogens is 5. The molecule has 3 aromatic heterocycles. The van der Waals surface area contributed by atoms with Crippen molar-refractivity contribution in [3.05, 3.63) is 71.0 Å². The second-order valence-electron chi connectivity index (χ2n) is 6.19. The lowest BCUT2D eigenvalue weighted by Gasteiger charge is -2.07. The van der Waals surface area contributed by atoms with Crippen LogP contribution in [0, 0.1) is 0 Å². The first-order valence-electron chi connectivity index (χ1n) is 8.85. The maximum atomic E-state index is 12.2. The molecule has 142 valence electrons. The molecule has 0 aliphatic heterocycles. The van der Waals surface area contributed by atoms with E-state index in [1.165, 1.54) is 6.07 Å². The number of thioether (sulfide) groups is 1. The van der Waals surface area contributed by atoms with E-state index in [4.69, 9.17) is 4.74 Å². The number of hydrogen-bond donors (Lipinski definition) is 0. The van der Waals surface area contributed by atoms with Gasteiger partial charge >= 0.3 is 0 Å². The Morgan fingerprint density at radius 2 is 2.07 bits per heavy atom. The number of nitrogens with zero attached hydrogens (tertiary/aromatic N) is 5. The van der Waals surface area contributed by atoms with Gasteiger partial charge in [-0.3, -0.25) is 14.5 Å². The number of pyridine rings is 1. The quantitative estimate of drug-likeness (QED) is 0.468. The van der Waals surface area contributed by atoms with Crippen molar-refractivity contribution in [2.45, 2.75) is 17.6 Å². The van der Waals surface area contributed by atoms with Crippen LogP contribution >= 0.6 is 11.8 Å². The third-order valence-electron chi connectivity index (χ3n) is 4.15. The Morgan fingerprint density at radius 1 is 1.18 bits per heavy atom. The zero-order valence-electron chi connectivity index (χ0n) is 15.6. The van der Waals surface area contributed by atoms with Crippen LogP contribution in [0.15, 0.2) is 64.8 Å². The number of fused-ring (bicyclic) bond motifs is 1. The van der Waals surface area contributed by atoms with E-state index in [0.29, 0.717) is 18.1 Å². The van der Waals surface area contributed by atoms with Gasteiger partial charge in [0.25, 0.3) is 0 Å². The van der Waals surface area contributed by atoms with Gasteiger partial charge in [-0.1, -0.05) is 0 Å². The van der Waals surface area contributed by atoms with Crippen LogP contribution in [0.3, 0.4) is 0 Å². The first-order valence-corrected chi connectivity index (χ1v) is 9.84. The summed E-state index contributed by atoms with van der Waals surface area (Å²) < 4.78 is 8.89. The highest BCUT2D eigenvalue weighted by Crippen LogP contribution is 2.26. The third kappa shape index (κ3) is 3.91. The molecule has 0 unspecified atom stereocenters. The summed E-state index contributed by atoms with van der Waals surface area (Å²) in [5.74, 6) is 1.23. The summed E-state index contributed by atoms with van der Waals surface area (Å²) in [6, 6.07) is 9.54. The molecule has 4 rings (SSSR count). The van der Waals surface area contributed by atoms with Crippen LogP contribution < -0.4 is 10.2 Å². The van der Waals surface area contributed by atoms with Crippen LogP contribution in [0.4, 0.5) is 0 Å². The molecule has 0 N–H and O–H groups in total. The zero-order valence-corrected chi connectivity index (χ0v) is 16.4. The van der Waals surface area contributed by atoms with E-state index in [-0.39, 0.29) is 5.43 Å². The molecule has 0 saturated heterocycles. The average Bonchev–Trinajstić information content (AvgIpc) is 3.13. The smallest absolute Gasteiger partial charge is 0.204 e. The minimum absolute atomic E-state index is 0.0753. The van der Waals surface area contributed by atoms with Crippen molar-refractivity contribution in [1.29, 1.82) is 0 Å². The van der Waals surface area contributed by atoms with Gasteiger partial charge in [0.1, 0.15) is 17.1 Å². The fraction of sp³-hybridized carbons (Fsp3) is 0.200. The van der Waals surface area contributed by atoms with Crippen LogP contribution in [0.25, 0.3) is 16.6 Å². The molecule has 4 aromatic rings. The predicted molar refractivity (Wildman–Crippen MR) is 109 cm³/mol. The van der Waals surface area contributed by atoms with Crippen molar-refractivity contribution in [1.82, 2.24) is 24.5 Å². The number of benzene rings is 1. The molecule has 7 nitrogen and oxygen atoms in total. The highest BCUT2D eigenvalue weighted by atomic mass is 32.2. The van der Waals surface area contributed by atoms with Crippen LogP contribution in [0.2, 0.25) is 0 Å². The predicted octanol–water partition coefficient (Wildman–Crippen LogP) is 3.21. The van der Waals surface area contributed by atoms with E-state index >= 15 is 0 Å². The zero-order chi connectivity index (χ0) is 19.5. The molecule has 28 heavy (non-hydrogen) atoms. The molecule has 0 spiro atoms. The van der Waals surface area contributed by atoms with Crippen molar-refractivity contribution < 1.29 is 4.74 Å². The summed E-state index contributed by atoms with van der Waals surface area (Å²) in [7, 11) is 1.84. The van der Waals surface area contributed by atoms with Gasteiger partial charge in [0, 0.05) is 35.3 Å². The Morgan fingerprint density at radius 3 is 2.86 bits per heavy atom. The van der Waals surface area contributed by atoms with Crippen LogP contribution in [-0.4, -0.2) is 31.2 Å². The maximum Gasteiger partial charge on any atom is 0.204 e. The normalized spacial score (nSPS) is 11.1. The highest BCUT2D eigenvalue weighted by molar-refractivity contribution is 7.98. The topological polar surface area (TPSA) is 74.8 Å². The highest BCUT2D eigenvalue weighted by Gasteiger charge is 2.07. The molecular weight excluding hydrogens is 374 g/mol. The molecule has 8 heteroatoms. The SMILES string of the molecule is CCOc1cnc2ccc(SCc3nn(-c4cnn(C)c4)ccc3=O)cc2c1. The second-order valence-corrected chi connectivity index (χ2v) is 7.24. The maximum absolute atomic E-state index is 12.2. The van der Waals surface area contributed by atoms with E-state index in [2.05, 4.69) is 21.2 Å². The van der Waals surface area contributed by atoms with Crippen LogP contribution in [-0.2, 0) is 12.8 Å². The molecule has 0 bridgehead atoms. The first kappa shape index (κ1) is 18.2. The standard InChI is InChI=1S/C20H19N5O2S/c1-3-27-16-8-14-9-17(4-5-18(14)21-11-16)28-13-19-20(26)6-7-25(23-19)15-10-22-24(2)12-15/h4-12H,3,13H2,1-2H3. The van der Waals surface area contributed by atoms with E-state index in [9.17, 15) is 4.79 Å². The summed E-state index contributed by atoms with van der Waals surface area (Å²) in [6.07, 6.45) is 6.94. The van der Waals surface area contributed by atoms with Crippen molar-refractivity contribution in [3.8, 4) is 11.4 Å². The van der Waals surface area contributed by atoms with Gasteiger partial charge in [0.2, 0.25) is 5.43 Å². The van der Waals surface area contributed by atoms with Gasteiger partial charge < -0.3 is 4.74 Å². The number of ether oxygens (including phenoxy) is 1. The molecule has 0 amide bonds. The van der Waals surface area contributed by atoms with Crippen molar-refractivity contribution in [2.24, 2.45) is 7.05 Å². The van der Waals surface area contributed by atoms with Gasteiger partial charge in [-0.05, 0) is 31.2 Å². The summed E-state index contributed by atoms with van der Waals surface area (Å²) in [5.41, 5.74) is 2.14. The molecule has 0 fully saturated rings. The Bertz CT molecular complexity index is 1180.